The molecule has 0 saturated heterocycles. The molecule has 8 heteroatoms. The highest BCUT2D eigenvalue weighted by molar-refractivity contribution is 7.99. The molecule has 1 aromatic rings. The largest absolute Gasteiger partial charge is 0.383 e. The van der Waals surface area contributed by atoms with Crippen molar-refractivity contribution in [1.29, 1.82) is 0 Å². The van der Waals surface area contributed by atoms with E-state index >= 15 is 0 Å². The van der Waals surface area contributed by atoms with Gasteiger partial charge in [-0.15, -0.1) is 0 Å². The third kappa shape index (κ3) is 4.39. The Bertz CT molecular complexity index is 353. The van der Waals surface area contributed by atoms with Gasteiger partial charge in [-0.2, -0.15) is 0 Å². The van der Waals surface area contributed by atoms with E-state index in [0.717, 1.165) is 12.2 Å². The highest BCUT2D eigenvalue weighted by atomic mass is 32.2. The lowest BCUT2D eigenvalue weighted by atomic mass is 10.5. The van der Waals surface area contributed by atoms with Crippen LogP contribution in [0.5, 0.6) is 0 Å². The van der Waals surface area contributed by atoms with Crippen LogP contribution < -0.4 is 11.5 Å². The Kier molecular flexibility index (Phi) is 4.52. The van der Waals surface area contributed by atoms with Gasteiger partial charge in [-0.3, -0.25) is 0 Å². The normalized spacial score (nSPS) is 9.60. The molecule has 80 valence electrons. The Hall–Kier alpha value is -1.66. The van der Waals surface area contributed by atoms with Crippen LogP contribution in [0.15, 0.2) is 16.3 Å². The predicted molar refractivity (Wildman–Crippen MR) is 60.2 cm³/mol. The fourth-order valence-electron chi connectivity index (χ4n) is 0.870. The van der Waals surface area contributed by atoms with E-state index in [-0.39, 0.29) is 0 Å². The quantitative estimate of drug-likeness (QED) is 0.196. The van der Waals surface area contributed by atoms with E-state index in [1.165, 1.54) is 17.8 Å². The molecule has 0 bridgehead atoms. The van der Waals surface area contributed by atoms with Crippen LogP contribution in [0.4, 0.5) is 11.6 Å². The second-order valence-electron chi connectivity index (χ2n) is 2.66. The molecule has 0 aromatic carbocycles. The molecule has 0 unspecified atom stereocenters. The monoisotopic (exact) mass is 225 g/mol. The maximum absolute atomic E-state index is 8.05. The van der Waals surface area contributed by atoms with E-state index in [4.69, 9.17) is 17.0 Å². The van der Waals surface area contributed by atoms with Gasteiger partial charge in [0.2, 0.25) is 0 Å². The summed E-state index contributed by atoms with van der Waals surface area (Å²) in [5, 5.41) is 3.96. The summed E-state index contributed by atoms with van der Waals surface area (Å²) in [6.45, 7) is 0.474. The van der Waals surface area contributed by atoms with Crippen LogP contribution in [0.1, 0.15) is 6.42 Å². The van der Waals surface area contributed by atoms with Crippen LogP contribution in [-0.2, 0) is 0 Å². The van der Waals surface area contributed by atoms with Crippen LogP contribution in [-0.4, -0.2) is 22.3 Å². The van der Waals surface area contributed by atoms with Gasteiger partial charge >= 0.3 is 0 Å². The molecule has 7 nitrogen and oxygen atoms in total. The zero-order valence-corrected chi connectivity index (χ0v) is 8.81. The zero-order valence-electron chi connectivity index (χ0n) is 8.00. The fourth-order valence-corrected chi connectivity index (χ4v) is 1.67. The minimum absolute atomic E-state index is 0.361. The summed E-state index contributed by atoms with van der Waals surface area (Å²) in [7, 11) is 0. The van der Waals surface area contributed by atoms with Gasteiger partial charge in [-0.05, 0) is 12.0 Å². The Morgan fingerprint density at radius 1 is 1.40 bits per heavy atom. The zero-order chi connectivity index (χ0) is 11.1. The number of hydrogen-bond donors (Lipinski definition) is 2. The van der Waals surface area contributed by atoms with Crippen LogP contribution in [0.2, 0.25) is 0 Å². The number of hydrogen-bond acceptors (Lipinski definition) is 6. The van der Waals surface area contributed by atoms with E-state index in [1.54, 1.807) is 0 Å². The highest BCUT2D eigenvalue weighted by Crippen LogP contribution is 2.16. The lowest BCUT2D eigenvalue weighted by Gasteiger charge is -2.01. The molecular weight excluding hydrogens is 214 g/mol. The van der Waals surface area contributed by atoms with Crippen LogP contribution in [0.25, 0.3) is 10.4 Å². The molecule has 1 heterocycles. The number of nitrogens with two attached hydrogens (primary N) is 2. The smallest absolute Gasteiger partial charge is 0.191 e. The van der Waals surface area contributed by atoms with Crippen LogP contribution in [0, 0.1) is 0 Å². The summed E-state index contributed by atoms with van der Waals surface area (Å²) < 4.78 is 0. The molecule has 0 amide bonds. The summed E-state index contributed by atoms with van der Waals surface area (Å²) in [6.07, 6.45) is 0.771. The lowest BCUT2D eigenvalue weighted by molar-refractivity contribution is 0.921. The van der Waals surface area contributed by atoms with Gasteiger partial charge in [0.1, 0.15) is 11.6 Å². The molecule has 0 aliphatic heterocycles. The average Bonchev–Trinajstić information content (AvgIpc) is 2.16. The lowest BCUT2D eigenvalue weighted by Crippen LogP contribution is -1.99. The molecular formula is C7H11N7S. The molecule has 0 aliphatic carbocycles. The second kappa shape index (κ2) is 5.94. The summed E-state index contributed by atoms with van der Waals surface area (Å²) in [4.78, 5) is 10.6. The number of azide groups is 1. The molecule has 15 heavy (non-hydrogen) atoms. The number of rotatable bonds is 5. The van der Waals surface area contributed by atoms with Crippen molar-refractivity contribution in [3.05, 3.63) is 16.5 Å². The first kappa shape index (κ1) is 11.4. The van der Waals surface area contributed by atoms with E-state index in [2.05, 4.69) is 20.0 Å². The first-order valence-electron chi connectivity index (χ1n) is 4.26. The molecule has 0 saturated carbocycles. The van der Waals surface area contributed by atoms with Crippen molar-refractivity contribution in [2.24, 2.45) is 5.11 Å². The Balaban J connectivity index is 2.40. The average molecular weight is 225 g/mol. The molecule has 0 radical (unpaired) electrons. The first-order chi connectivity index (χ1) is 7.22. The summed E-state index contributed by atoms with van der Waals surface area (Å²) in [5.41, 5.74) is 19.0. The first-order valence-corrected chi connectivity index (χ1v) is 5.24. The standard InChI is InChI=1S/C7H11N7S/c8-5-4-6(9)13-7(12-5)15-3-1-2-11-14-10/h4H,1-3H2,(H4,8,9,12,13). The minimum atomic E-state index is 0.361. The van der Waals surface area contributed by atoms with Gasteiger partial charge < -0.3 is 11.5 Å². The van der Waals surface area contributed by atoms with Gasteiger partial charge in [0.15, 0.2) is 5.16 Å². The van der Waals surface area contributed by atoms with E-state index < -0.39 is 0 Å². The van der Waals surface area contributed by atoms with Crippen molar-refractivity contribution in [1.82, 2.24) is 9.97 Å². The number of thioether (sulfide) groups is 1. The maximum atomic E-state index is 8.05. The second-order valence-corrected chi connectivity index (χ2v) is 3.72. The van der Waals surface area contributed by atoms with E-state index in [1.807, 2.05) is 0 Å². The van der Waals surface area contributed by atoms with E-state index in [0.29, 0.717) is 23.3 Å². The molecule has 1 aromatic heterocycles. The van der Waals surface area contributed by atoms with Crippen molar-refractivity contribution >= 4 is 23.4 Å². The van der Waals surface area contributed by atoms with Gasteiger partial charge in [-0.1, -0.05) is 16.9 Å². The number of nitrogen functional groups attached to an aromatic ring is 2. The summed E-state index contributed by atoms with van der Waals surface area (Å²) in [6, 6.07) is 1.50. The Labute approximate surface area is 90.9 Å². The predicted octanol–water partition coefficient (Wildman–Crippen LogP) is 1.43. The maximum Gasteiger partial charge on any atom is 0.191 e. The number of nitrogens with zero attached hydrogens (tertiary/aromatic N) is 5. The van der Waals surface area contributed by atoms with Gasteiger partial charge in [-0.25, -0.2) is 9.97 Å². The molecule has 0 spiro atoms. The SMILES string of the molecule is [N-]=[N+]=NCCCSc1nc(N)cc(N)n1. The number of aromatic nitrogens is 2. The van der Waals surface area contributed by atoms with Crippen LogP contribution in [0.3, 0.4) is 0 Å². The van der Waals surface area contributed by atoms with Gasteiger partial charge in [0.25, 0.3) is 0 Å². The fraction of sp³-hybridized carbons (Fsp3) is 0.429. The highest BCUT2D eigenvalue weighted by Gasteiger charge is 2.00. The Morgan fingerprint density at radius 3 is 2.67 bits per heavy atom. The molecule has 0 fully saturated rings. The van der Waals surface area contributed by atoms with Crippen molar-refractivity contribution < 1.29 is 0 Å². The van der Waals surface area contributed by atoms with Gasteiger partial charge in [0, 0.05) is 23.3 Å². The van der Waals surface area contributed by atoms with Crippen molar-refractivity contribution in [2.45, 2.75) is 11.6 Å². The van der Waals surface area contributed by atoms with Crippen molar-refractivity contribution in [3.8, 4) is 0 Å². The summed E-state index contributed by atoms with van der Waals surface area (Å²) >= 11 is 1.43. The van der Waals surface area contributed by atoms with Crippen LogP contribution >= 0.6 is 11.8 Å². The number of anilines is 2. The molecule has 0 aliphatic rings. The third-order valence-corrected chi connectivity index (χ3v) is 2.38. The van der Waals surface area contributed by atoms with E-state index in [9.17, 15) is 0 Å². The van der Waals surface area contributed by atoms with Crippen molar-refractivity contribution in [3.63, 3.8) is 0 Å². The summed E-state index contributed by atoms with van der Waals surface area (Å²) in [5.74, 6) is 1.49. The topological polar surface area (TPSA) is 127 Å². The molecule has 4 N–H and O–H groups in total. The Morgan fingerprint density at radius 2 is 2.07 bits per heavy atom. The van der Waals surface area contributed by atoms with Crippen molar-refractivity contribution in [2.75, 3.05) is 23.8 Å². The van der Waals surface area contributed by atoms with Gasteiger partial charge in [0.05, 0.1) is 0 Å². The molecule has 0 atom stereocenters. The molecule has 1 rings (SSSR count). The minimum Gasteiger partial charge on any atom is -0.383 e. The third-order valence-electron chi connectivity index (χ3n) is 1.44.